The lowest BCUT2D eigenvalue weighted by atomic mass is 10.1. The number of aryl methyl sites for hydroxylation is 2. The minimum Gasteiger partial charge on any atom is -0.370 e. The highest BCUT2D eigenvalue weighted by molar-refractivity contribution is 5.50. The molecule has 2 nitrogen and oxygen atoms in total. The van der Waals surface area contributed by atoms with E-state index in [-0.39, 0.29) is 5.82 Å². The van der Waals surface area contributed by atoms with E-state index in [2.05, 4.69) is 42.3 Å². The minimum absolute atomic E-state index is 0.147. The van der Waals surface area contributed by atoms with Gasteiger partial charge in [-0.1, -0.05) is 12.1 Å². The van der Waals surface area contributed by atoms with E-state index in [9.17, 15) is 4.39 Å². The van der Waals surface area contributed by atoms with Crippen LogP contribution in [0.5, 0.6) is 0 Å². The molecule has 21 heavy (non-hydrogen) atoms. The Morgan fingerprint density at radius 2 is 1.71 bits per heavy atom. The summed E-state index contributed by atoms with van der Waals surface area (Å²) < 4.78 is 14.0. The molecule has 0 fully saturated rings. The van der Waals surface area contributed by atoms with Crippen molar-refractivity contribution in [2.45, 2.75) is 26.9 Å². The predicted molar refractivity (Wildman–Crippen MR) is 87.2 cm³/mol. The summed E-state index contributed by atoms with van der Waals surface area (Å²) in [6, 6.07) is 11.7. The average Bonchev–Trinajstić information content (AvgIpc) is 2.41. The third kappa shape index (κ3) is 4.05. The largest absolute Gasteiger partial charge is 0.370 e. The van der Waals surface area contributed by atoms with Crippen LogP contribution in [0.25, 0.3) is 0 Å². The van der Waals surface area contributed by atoms with Gasteiger partial charge < -0.3 is 10.2 Å². The Kier molecular flexibility index (Phi) is 4.97. The molecule has 0 heterocycles. The second-order valence-corrected chi connectivity index (χ2v) is 5.66. The Morgan fingerprint density at radius 1 is 1.05 bits per heavy atom. The lowest BCUT2D eigenvalue weighted by molar-refractivity contribution is 0.606. The molecule has 0 aliphatic heterocycles. The summed E-state index contributed by atoms with van der Waals surface area (Å²) in [5.74, 6) is -0.147. The first kappa shape index (κ1) is 15.5. The lowest BCUT2D eigenvalue weighted by Gasteiger charge is -2.21. The van der Waals surface area contributed by atoms with Gasteiger partial charge in [0.2, 0.25) is 0 Å². The fourth-order valence-corrected chi connectivity index (χ4v) is 2.58. The molecule has 0 aliphatic rings. The zero-order chi connectivity index (χ0) is 15.4. The zero-order valence-electron chi connectivity index (χ0n) is 13.2. The molecular weight excluding hydrogens is 263 g/mol. The molecular formula is C18H23FN2. The van der Waals surface area contributed by atoms with E-state index in [0.29, 0.717) is 6.54 Å². The Bertz CT molecular complexity index is 602. The van der Waals surface area contributed by atoms with Crippen molar-refractivity contribution < 1.29 is 4.39 Å². The lowest BCUT2D eigenvalue weighted by Crippen LogP contribution is -2.18. The van der Waals surface area contributed by atoms with Crippen LogP contribution < -0.4 is 10.2 Å². The van der Waals surface area contributed by atoms with Gasteiger partial charge in [-0.3, -0.25) is 0 Å². The molecule has 0 aromatic heterocycles. The smallest absolute Gasteiger partial charge is 0.128 e. The van der Waals surface area contributed by atoms with Crippen LogP contribution in [0.3, 0.4) is 0 Å². The molecule has 3 heteroatoms. The molecule has 2 rings (SSSR count). The molecule has 0 spiro atoms. The summed E-state index contributed by atoms with van der Waals surface area (Å²) in [5.41, 5.74) is 5.39. The number of nitrogens with one attached hydrogen (secondary N) is 1. The Balaban J connectivity index is 2.22. The van der Waals surface area contributed by atoms with Crippen LogP contribution in [-0.2, 0) is 13.1 Å². The normalized spacial score (nSPS) is 10.7. The Hall–Kier alpha value is -1.87. The molecule has 0 radical (unpaired) electrons. The maximum Gasteiger partial charge on any atom is 0.128 e. The topological polar surface area (TPSA) is 15.3 Å². The van der Waals surface area contributed by atoms with Gasteiger partial charge in [-0.05, 0) is 61.9 Å². The second kappa shape index (κ2) is 6.72. The summed E-state index contributed by atoms with van der Waals surface area (Å²) in [4.78, 5) is 2.08. The Labute approximate surface area is 126 Å². The SMILES string of the molecule is CNCc1ccc(F)c(CN(C)c2cc(C)cc(C)c2)c1. The van der Waals surface area contributed by atoms with E-state index in [1.165, 1.54) is 11.1 Å². The van der Waals surface area contributed by atoms with Gasteiger partial charge in [-0.2, -0.15) is 0 Å². The molecule has 0 saturated heterocycles. The first-order chi connectivity index (χ1) is 9.99. The van der Waals surface area contributed by atoms with E-state index in [1.54, 1.807) is 6.07 Å². The number of hydrogen-bond donors (Lipinski definition) is 1. The molecule has 2 aromatic carbocycles. The van der Waals surface area contributed by atoms with Crippen molar-refractivity contribution in [1.29, 1.82) is 0 Å². The van der Waals surface area contributed by atoms with Crippen LogP contribution in [0.1, 0.15) is 22.3 Å². The maximum atomic E-state index is 14.0. The Morgan fingerprint density at radius 3 is 2.33 bits per heavy atom. The molecule has 112 valence electrons. The van der Waals surface area contributed by atoms with Crippen molar-refractivity contribution in [3.05, 3.63) is 64.5 Å². The summed E-state index contributed by atoms with van der Waals surface area (Å²) in [6.07, 6.45) is 0. The molecule has 0 atom stereocenters. The highest BCUT2D eigenvalue weighted by Gasteiger charge is 2.08. The minimum atomic E-state index is -0.147. The fourth-order valence-electron chi connectivity index (χ4n) is 2.58. The summed E-state index contributed by atoms with van der Waals surface area (Å²) in [5, 5.41) is 3.09. The number of rotatable bonds is 5. The number of halogens is 1. The molecule has 2 aromatic rings. The summed E-state index contributed by atoms with van der Waals surface area (Å²) >= 11 is 0. The van der Waals surface area contributed by atoms with E-state index in [0.717, 1.165) is 23.4 Å². The van der Waals surface area contributed by atoms with Crippen molar-refractivity contribution >= 4 is 5.69 Å². The van der Waals surface area contributed by atoms with Crippen LogP contribution in [0.15, 0.2) is 36.4 Å². The first-order valence-electron chi connectivity index (χ1n) is 7.21. The number of anilines is 1. The summed E-state index contributed by atoms with van der Waals surface area (Å²) in [7, 11) is 3.89. The van der Waals surface area contributed by atoms with Crippen molar-refractivity contribution in [3.8, 4) is 0 Å². The van der Waals surface area contributed by atoms with Crippen LogP contribution in [0, 0.1) is 19.7 Å². The van der Waals surface area contributed by atoms with E-state index in [1.807, 2.05) is 26.2 Å². The van der Waals surface area contributed by atoms with Crippen LogP contribution in [-0.4, -0.2) is 14.1 Å². The van der Waals surface area contributed by atoms with Gasteiger partial charge in [0.15, 0.2) is 0 Å². The van der Waals surface area contributed by atoms with E-state index >= 15 is 0 Å². The standard InChI is InChI=1S/C18H23FN2/c1-13-7-14(2)9-17(8-13)21(4)12-16-10-15(11-20-3)5-6-18(16)19/h5-10,20H,11-12H2,1-4H3. The number of nitrogens with zero attached hydrogens (tertiary/aromatic N) is 1. The summed E-state index contributed by atoms with van der Waals surface area (Å²) in [6.45, 7) is 5.48. The predicted octanol–water partition coefficient (Wildman–Crippen LogP) is 3.80. The highest BCUT2D eigenvalue weighted by Crippen LogP contribution is 2.21. The van der Waals surface area contributed by atoms with E-state index < -0.39 is 0 Å². The van der Waals surface area contributed by atoms with Gasteiger partial charge in [-0.25, -0.2) is 4.39 Å². The van der Waals surface area contributed by atoms with Crippen molar-refractivity contribution in [1.82, 2.24) is 5.32 Å². The molecule has 0 saturated carbocycles. The van der Waals surface area contributed by atoms with Crippen LogP contribution in [0.2, 0.25) is 0 Å². The first-order valence-corrected chi connectivity index (χ1v) is 7.21. The second-order valence-electron chi connectivity index (χ2n) is 5.66. The third-order valence-electron chi connectivity index (χ3n) is 3.55. The van der Waals surface area contributed by atoms with Crippen LogP contribution in [0.4, 0.5) is 10.1 Å². The number of hydrogen-bond acceptors (Lipinski definition) is 2. The molecule has 0 bridgehead atoms. The number of benzene rings is 2. The molecule has 1 N–H and O–H groups in total. The van der Waals surface area contributed by atoms with Crippen LogP contribution >= 0.6 is 0 Å². The van der Waals surface area contributed by atoms with Gasteiger partial charge in [-0.15, -0.1) is 0 Å². The van der Waals surface area contributed by atoms with Crippen molar-refractivity contribution in [3.63, 3.8) is 0 Å². The van der Waals surface area contributed by atoms with Gasteiger partial charge >= 0.3 is 0 Å². The fraction of sp³-hybridized carbons (Fsp3) is 0.333. The monoisotopic (exact) mass is 286 g/mol. The highest BCUT2D eigenvalue weighted by atomic mass is 19.1. The molecule has 0 aliphatic carbocycles. The van der Waals surface area contributed by atoms with Gasteiger partial charge in [0.1, 0.15) is 5.82 Å². The average molecular weight is 286 g/mol. The quantitative estimate of drug-likeness (QED) is 0.899. The van der Waals surface area contributed by atoms with Gasteiger partial charge in [0.05, 0.1) is 0 Å². The maximum absolute atomic E-state index is 14.0. The molecule has 0 unspecified atom stereocenters. The third-order valence-corrected chi connectivity index (χ3v) is 3.55. The van der Waals surface area contributed by atoms with E-state index in [4.69, 9.17) is 0 Å². The van der Waals surface area contributed by atoms with Gasteiger partial charge in [0, 0.05) is 31.4 Å². The zero-order valence-corrected chi connectivity index (χ0v) is 13.2. The van der Waals surface area contributed by atoms with Crippen molar-refractivity contribution in [2.24, 2.45) is 0 Å². The molecule has 0 amide bonds. The van der Waals surface area contributed by atoms with Crippen molar-refractivity contribution in [2.75, 3.05) is 19.0 Å². The van der Waals surface area contributed by atoms with Gasteiger partial charge in [0.25, 0.3) is 0 Å².